The lowest BCUT2D eigenvalue weighted by Crippen LogP contribution is -2.44. The van der Waals surface area contributed by atoms with Gasteiger partial charge in [-0.1, -0.05) is 59.8 Å². The zero-order chi connectivity index (χ0) is 11.6. The molecule has 0 aromatic rings. The third-order valence-electron chi connectivity index (χ3n) is 3.47. The van der Waals surface area contributed by atoms with E-state index in [1.54, 1.807) is 0 Å². The molecule has 1 heteroatoms. The fourth-order valence-corrected chi connectivity index (χ4v) is 2.52. The highest BCUT2D eigenvalue weighted by atomic mass is 15.0. The van der Waals surface area contributed by atoms with Gasteiger partial charge in [0.1, 0.15) is 0 Å². The summed E-state index contributed by atoms with van der Waals surface area (Å²) in [7, 11) is 0. The Kier molecular flexibility index (Phi) is 9.18. The topological polar surface area (TPSA) is 12.0 Å². The number of unbranched alkanes of at least 4 members (excludes halogenated alkanes) is 3. The highest BCUT2D eigenvalue weighted by Gasteiger charge is 2.24. The molecule has 15 heavy (non-hydrogen) atoms. The smallest absolute Gasteiger partial charge is 0.0178 e. The minimum atomic E-state index is 0.442. The van der Waals surface area contributed by atoms with E-state index in [1.807, 2.05) is 0 Å². The summed E-state index contributed by atoms with van der Waals surface area (Å²) in [6, 6.07) is 0. The van der Waals surface area contributed by atoms with Crippen LogP contribution in [0.2, 0.25) is 0 Å². The Morgan fingerprint density at radius 3 is 2.00 bits per heavy atom. The molecule has 0 radical (unpaired) electrons. The van der Waals surface area contributed by atoms with Crippen molar-refractivity contribution < 1.29 is 0 Å². The summed E-state index contributed by atoms with van der Waals surface area (Å²) in [6.07, 6.45) is 10.8. The maximum Gasteiger partial charge on any atom is 0.0178 e. The molecule has 0 aromatic carbocycles. The Morgan fingerprint density at radius 2 is 1.53 bits per heavy atom. The van der Waals surface area contributed by atoms with Crippen molar-refractivity contribution in [2.75, 3.05) is 6.54 Å². The van der Waals surface area contributed by atoms with E-state index in [-0.39, 0.29) is 0 Å². The van der Waals surface area contributed by atoms with Crippen molar-refractivity contribution in [3.8, 4) is 0 Å². The summed E-state index contributed by atoms with van der Waals surface area (Å²) in [4.78, 5) is 0. The molecule has 0 saturated carbocycles. The minimum Gasteiger partial charge on any atom is -0.312 e. The maximum absolute atomic E-state index is 3.72. The molecular formula is C14H31N. The molecule has 0 aromatic heterocycles. The first-order chi connectivity index (χ1) is 7.24. The maximum atomic E-state index is 3.72. The summed E-state index contributed by atoms with van der Waals surface area (Å²) in [5.74, 6) is 0. The van der Waals surface area contributed by atoms with Gasteiger partial charge in [-0.05, 0) is 25.8 Å². The highest BCUT2D eigenvalue weighted by molar-refractivity contribution is 4.85. The molecule has 0 aliphatic carbocycles. The summed E-state index contributed by atoms with van der Waals surface area (Å²) < 4.78 is 0. The molecule has 0 fully saturated rings. The number of hydrogen-bond donors (Lipinski definition) is 1. The van der Waals surface area contributed by atoms with Gasteiger partial charge >= 0.3 is 0 Å². The van der Waals surface area contributed by atoms with Crippen LogP contribution in [-0.2, 0) is 0 Å². The number of rotatable bonds is 10. The third kappa shape index (κ3) is 6.19. The molecule has 92 valence electrons. The standard InChI is InChI=1S/C14H31N/c1-5-9-10-11-13-14(7-3,12-6-2)15-8-4/h15H,5-13H2,1-4H3. The highest BCUT2D eigenvalue weighted by Crippen LogP contribution is 2.24. The predicted molar refractivity (Wildman–Crippen MR) is 70.4 cm³/mol. The van der Waals surface area contributed by atoms with Gasteiger partial charge in [-0.3, -0.25) is 0 Å². The van der Waals surface area contributed by atoms with Crippen LogP contribution in [0.1, 0.15) is 79.1 Å². The Bertz CT molecular complexity index is 125. The van der Waals surface area contributed by atoms with Gasteiger partial charge in [-0.2, -0.15) is 0 Å². The molecule has 1 N–H and O–H groups in total. The van der Waals surface area contributed by atoms with Crippen molar-refractivity contribution in [1.29, 1.82) is 0 Å². The fourth-order valence-electron chi connectivity index (χ4n) is 2.52. The first-order valence-corrected chi connectivity index (χ1v) is 6.99. The average Bonchev–Trinajstić information content (AvgIpc) is 2.25. The molecule has 0 rings (SSSR count). The van der Waals surface area contributed by atoms with Crippen LogP contribution in [0, 0.1) is 0 Å². The van der Waals surface area contributed by atoms with Gasteiger partial charge in [0, 0.05) is 5.54 Å². The zero-order valence-corrected chi connectivity index (χ0v) is 11.4. The largest absolute Gasteiger partial charge is 0.312 e. The molecule has 0 heterocycles. The molecular weight excluding hydrogens is 182 g/mol. The summed E-state index contributed by atoms with van der Waals surface area (Å²) in [5.41, 5.74) is 0.442. The lowest BCUT2D eigenvalue weighted by molar-refractivity contribution is 0.264. The Labute approximate surface area is 97.0 Å². The van der Waals surface area contributed by atoms with Crippen molar-refractivity contribution in [2.45, 2.75) is 84.6 Å². The lowest BCUT2D eigenvalue weighted by atomic mass is 9.85. The van der Waals surface area contributed by atoms with Crippen LogP contribution >= 0.6 is 0 Å². The SMILES string of the molecule is CCCCCCC(CC)(CCC)NCC. The molecule has 0 bridgehead atoms. The van der Waals surface area contributed by atoms with Gasteiger partial charge in [-0.25, -0.2) is 0 Å². The second kappa shape index (κ2) is 9.21. The van der Waals surface area contributed by atoms with E-state index in [2.05, 4.69) is 33.0 Å². The lowest BCUT2D eigenvalue weighted by Gasteiger charge is -2.34. The third-order valence-corrected chi connectivity index (χ3v) is 3.47. The van der Waals surface area contributed by atoms with Gasteiger partial charge in [0.2, 0.25) is 0 Å². The first kappa shape index (κ1) is 15.0. The van der Waals surface area contributed by atoms with Crippen LogP contribution in [0.5, 0.6) is 0 Å². The monoisotopic (exact) mass is 213 g/mol. The Hall–Kier alpha value is -0.0400. The second-order valence-corrected chi connectivity index (χ2v) is 4.72. The Morgan fingerprint density at radius 1 is 0.800 bits per heavy atom. The van der Waals surface area contributed by atoms with Gasteiger partial charge in [0.05, 0.1) is 0 Å². The van der Waals surface area contributed by atoms with E-state index >= 15 is 0 Å². The van der Waals surface area contributed by atoms with Crippen LogP contribution in [0.25, 0.3) is 0 Å². The molecule has 1 nitrogen and oxygen atoms in total. The van der Waals surface area contributed by atoms with Crippen LogP contribution < -0.4 is 5.32 Å². The number of nitrogens with one attached hydrogen (secondary N) is 1. The normalized spacial score (nSPS) is 15.2. The van der Waals surface area contributed by atoms with E-state index in [4.69, 9.17) is 0 Å². The van der Waals surface area contributed by atoms with Gasteiger partial charge < -0.3 is 5.32 Å². The number of hydrogen-bond acceptors (Lipinski definition) is 1. The van der Waals surface area contributed by atoms with Gasteiger partial charge in [0.15, 0.2) is 0 Å². The van der Waals surface area contributed by atoms with E-state index in [9.17, 15) is 0 Å². The summed E-state index contributed by atoms with van der Waals surface area (Å²) in [6.45, 7) is 10.3. The molecule has 0 aliphatic rings. The van der Waals surface area contributed by atoms with Crippen molar-refractivity contribution >= 4 is 0 Å². The second-order valence-electron chi connectivity index (χ2n) is 4.72. The molecule has 0 amide bonds. The van der Waals surface area contributed by atoms with Crippen molar-refractivity contribution in [1.82, 2.24) is 5.32 Å². The average molecular weight is 213 g/mol. The first-order valence-electron chi connectivity index (χ1n) is 6.99. The Balaban J connectivity index is 3.96. The van der Waals surface area contributed by atoms with E-state index in [1.165, 1.54) is 51.4 Å². The molecule has 0 aliphatic heterocycles. The van der Waals surface area contributed by atoms with Crippen molar-refractivity contribution in [3.63, 3.8) is 0 Å². The predicted octanol–water partition coefficient (Wildman–Crippen LogP) is 4.52. The molecule has 1 unspecified atom stereocenters. The van der Waals surface area contributed by atoms with Crippen LogP contribution in [0.15, 0.2) is 0 Å². The summed E-state index contributed by atoms with van der Waals surface area (Å²) >= 11 is 0. The van der Waals surface area contributed by atoms with Crippen LogP contribution in [-0.4, -0.2) is 12.1 Å². The van der Waals surface area contributed by atoms with E-state index in [0.29, 0.717) is 5.54 Å². The van der Waals surface area contributed by atoms with Gasteiger partial charge in [-0.15, -0.1) is 0 Å². The van der Waals surface area contributed by atoms with E-state index in [0.717, 1.165) is 6.54 Å². The van der Waals surface area contributed by atoms with Crippen LogP contribution in [0.3, 0.4) is 0 Å². The molecule has 1 atom stereocenters. The van der Waals surface area contributed by atoms with Crippen LogP contribution in [0.4, 0.5) is 0 Å². The minimum absolute atomic E-state index is 0.442. The van der Waals surface area contributed by atoms with Crippen molar-refractivity contribution in [2.24, 2.45) is 0 Å². The van der Waals surface area contributed by atoms with Gasteiger partial charge in [0.25, 0.3) is 0 Å². The molecule has 0 saturated heterocycles. The molecule has 0 spiro atoms. The fraction of sp³-hybridized carbons (Fsp3) is 1.00. The quantitative estimate of drug-likeness (QED) is 0.526. The van der Waals surface area contributed by atoms with Crippen molar-refractivity contribution in [3.05, 3.63) is 0 Å². The summed E-state index contributed by atoms with van der Waals surface area (Å²) in [5, 5.41) is 3.72. The zero-order valence-electron chi connectivity index (χ0n) is 11.4. The van der Waals surface area contributed by atoms with E-state index < -0.39 is 0 Å².